The molecule has 0 aliphatic rings. The van der Waals surface area contributed by atoms with E-state index in [0.29, 0.717) is 6.61 Å². The number of carboxylic acid groups (broad SMARTS) is 1. The lowest BCUT2D eigenvalue weighted by Gasteiger charge is -2.26. The molecule has 1 atom stereocenters. The summed E-state index contributed by atoms with van der Waals surface area (Å²) >= 11 is 0. The monoisotopic (exact) mass is 240 g/mol. The molecule has 0 radical (unpaired) electrons. The van der Waals surface area contributed by atoms with Crippen LogP contribution in [0.1, 0.15) is 32.3 Å². The van der Waals surface area contributed by atoms with Crippen LogP contribution in [0.2, 0.25) is 0 Å². The van der Waals surface area contributed by atoms with Crippen molar-refractivity contribution in [2.75, 3.05) is 6.61 Å². The number of unbranched alkanes of at least 4 members (excludes halogenated alkanes) is 1. The maximum absolute atomic E-state index is 13.6. The molecule has 0 amide bonds. The first-order chi connectivity index (χ1) is 8.02. The number of rotatable bonds is 6. The number of carbonyl (C=O) groups is 1. The molecule has 0 bridgehead atoms. The second kappa shape index (κ2) is 5.77. The van der Waals surface area contributed by atoms with Crippen LogP contribution >= 0.6 is 0 Å². The fraction of sp³-hybridized carbons (Fsp3) is 0.462. The van der Waals surface area contributed by atoms with E-state index in [9.17, 15) is 14.3 Å². The Kier molecular flexibility index (Phi) is 4.63. The van der Waals surface area contributed by atoms with Gasteiger partial charge < -0.3 is 9.84 Å². The Labute approximate surface area is 100 Å². The Morgan fingerprint density at radius 2 is 2.12 bits per heavy atom. The van der Waals surface area contributed by atoms with E-state index in [1.807, 2.05) is 6.92 Å². The first kappa shape index (κ1) is 13.6. The van der Waals surface area contributed by atoms with Crippen LogP contribution in [0.25, 0.3) is 0 Å². The largest absolute Gasteiger partial charge is 0.479 e. The zero-order chi connectivity index (χ0) is 12.9. The van der Waals surface area contributed by atoms with Crippen LogP contribution in [0.4, 0.5) is 4.39 Å². The maximum atomic E-state index is 13.6. The Hall–Kier alpha value is -1.42. The van der Waals surface area contributed by atoms with Gasteiger partial charge in [0.25, 0.3) is 0 Å². The normalized spacial score (nSPS) is 14.3. The van der Waals surface area contributed by atoms with Gasteiger partial charge in [-0.1, -0.05) is 31.5 Å². The second-order valence-electron chi connectivity index (χ2n) is 4.02. The lowest BCUT2D eigenvalue weighted by Crippen LogP contribution is -2.36. The maximum Gasteiger partial charge on any atom is 0.340 e. The molecule has 0 saturated carbocycles. The Bertz CT molecular complexity index is 392. The summed E-state index contributed by atoms with van der Waals surface area (Å²) in [5.41, 5.74) is -1.57. The van der Waals surface area contributed by atoms with Crippen molar-refractivity contribution in [3.63, 3.8) is 0 Å². The lowest BCUT2D eigenvalue weighted by atomic mass is 9.95. The van der Waals surface area contributed by atoms with E-state index in [1.165, 1.54) is 25.1 Å². The molecular formula is C13H17FO3. The molecule has 0 heterocycles. The van der Waals surface area contributed by atoms with Gasteiger partial charge in [0.05, 0.1) is 0 Å². The summed E-state index contributed by atoms with van der Waals surface area (Å²) in [6, 6.07) is 5.80. The zero-order valence-corrected chi connectivity index (χ0v) is 10.1. The highest BCUT2D eigenvalue weighted by Crippen LogP contribution is 2.28. The predicted molar refractivity (Wildman–Crippen MR) is 62.2 cm³/mol. The first-order valence-electron chi connectivity index (χ1n) is 5.64. The van der Waals surface area contributed by atoms with E-state index in [2.05, 4.69) is 0 Å². The van der Waals surface area contributed by atoms with Crippen molar-refractivity contribution in [3.8, 4) is 0 Å². The number of ether oxygens (including phenoxy) is 1. The minimum absolute atomic E-state index is 0.0589. The SMILES string of the molecule is CCCCOC(C)(C(=O)O)c1ccccc1F. The Morgan fingerprint density at radius 1 is 1.47 bits per heavy atom. The summed E-state index contributed by atoms with van der Waals surface area (Å²) < 4.78 is 19.0. The van der Waals surface area contributed by atoms with Crippen LogP contribution in [-0.2, 0) is 15.1 Å². The van der Waals surface area contributed by atoms with Gasteiger partial charge in [0.15, 0.2) is 5.60 Å². The van der Waals surface area contributed by atoms with Gasteiger partial charge in [0.1, 0.15) is 5.82 Å². The van der Waals surface area contributed by atoms with E-state index in [1.54, 1.807) is 6.07 Å². The summed E-state index contributed by atoms with van der Waals surface area (Å²) in [7, 11) is 0. The van der Waals surface area contributed by atoms with Gasteiger partial charge in [-0.05, 0) is 19.4 Å². The topological polar surface area (TPSA) is 46.5 Å². The molecule has 1 aromatic carbocycles. The highest BCUT2D eigenvalue weighted by molar-refractivity contribution is 5.79. The second-order valence-corrected chi connectivity index (χ2v) is 4.02. The molecule has 3 nitrogen and oxygen atoms in total. The van der Waals surface area contributed by atoms with Crippen LogP contribution < -0.4 is 0 Å². The van der Waals surface area contributed by atoms with Crippen LogP contribution in [0, 0.1) is 5.82 Å². The number of hydrogen-bond donors (Lipinski definition) is 1. The molecular weight excluding hydrogens is 223 g/mol. The van der Waals surface area contributed by atoms with Gasteiger partial charge >= 0.3 is 5.97 Å². The van der Waals surface area contributed by atoms with Crippen molar-refractivity contribution in [1.29, 1.82) is 0 Å². The van der Waals surface area contributed by atoms with E-state index in [-0.39, 0.29) is 5.56 Å². The van der Waals surface area contributed by atoms with E-state index >= 15 is 0 Å². The molecule has 4 heteroatoms. The van der Waals surface area contributed by atoms with Crippen LogP contribution in [0.3, 0.4) is 0 Å². The average molecular weight is 240 g/mol. The molecule has 0 aromatic heterocycles. The zero-order valence-electron chi connectivity index (χ0n) is 10.1. The summed E-state index contributed by atoms with van der Waals surface area (Å²) in [6.07, 6.45) is 1.64. The summed E-state index contributed by atoms with van der Waals surface area (Å²) in [4.78, 5) is 11.3. The third-order valence-electron chi connectivity index (χ3n) is 2.68. The minimum atomic E-state index is -1.62. The van der Waals surface area contributed by atoms with E-state index in [0.717, 1.165) is 12.8 Å². The lowest BCUT2D eigenvalue weighted by molar-refractivity contribution is -0.165. The van der Waals surface area contributed by atoms with Crippen molar-refractivity contribution < 1.29 is 19.0 Å². The molecule has 1 unspecified atom stereocenters. The summed E-state index contributed by atoms with van der Waals surface area (Å²) in [6.45, 7) is 3.65. The van der Waals surface area contributed by atoms with Crippen LogP contribution in [0.15, 0.2) is 24.3 Å². The van der Waals surface area contributed by atoms with Crippen molar-refractivity contribution in [1.82, 2.24) is 0 Å². The third-order valence-corrected chi connectivity index (χ3v) is 2.68. The number of halogens is 1. The molecule has 94 valence electrons. The molecule has 1 N–H and O–H groups in total. The van der Waals surface area contributed by atoms with Crippen LogP contribution in [0.5, 0.6) is 0 Å². The van der Waals surface area contributed by atoms with Crippen molar-refractivity contribution in [3.05, 3.63) is 35.6 Å². The highest BCUT2D eigenvalue weighted by Gasteiger charge is 2.38. The quantitative estimate of drug-likeness (QED) is 0.777. The number of benzene rings is 1. The third kappa shape index (κ3) is 3.03. The highest BCUT2D eigenvalue weighted by atomic mass is 19.1. The van der Waals surface area contributed by atoms with Gasteiger partial charge in [-0.2, -0.15) is 0 Å². The minimum Gasteiger partial charge on any atom is -0.479 e. The molecule has 0 saturated heterocycles. The molecule has 0 spiro atoms. The van der Waals surface area contributed by atoms with Gasteiger partial charge in [0.2, 0.25) is 0 Å². The standard InChI is InChI=1S/C13H17FO3/c1-3-4-9-17-13(2,12(15)16)10-7-5-6-8-11(10)14/h5-8H,3-4,9H2,1-2H3,(H,15,16). The Balaban J connectivity index is 2.99. The summed E-state index contributed by atoms with van der Waals surface area (Å²) in [5.74, 6) is -1.74. The van der Waals surface area contributed by atoms with Gasteiger partial charge in [-0.25, -0.2) is 9.18 Å². The van der Waals surface area contributed by atoms with Crippen molar-refractivity contribution in [2.45, 2.75) is 32.3 Å². The smallest absolute Gasteiger partial charge is 0.340 e. The van der Waals surface area contributed by atoms with Gasteiger partial charge in [-0.15, -0.1) is 0 Å². The molecule has 17 heavy (non-hydrogen) atoms. The molecule has 1 aromatic rings. The fourth-order valence-corrected chi connectivity index (χ4v) is 1.52. The predicted octanol–water partition coefficient (Wildman–Crippen LogP) is 2.94. The average Bonchev–Trinajstić information content (AvgIpc) is 2.29. The molecule has 0 fully saturated rings. The van der Waals surface area contributed by atoms with E-state index < -0.39 is 17.4 Å². The Morgan fingerprint density at radius 3 is 2.65 bits per heavy atom. The molecule has 0 aliphatic heterocycles. The van der Waals surface area contributed by atoms with Gasteiger partial charge in [-0.3, -0.25) is 0 Å². The number of hydrogen-bond acceptors (Lipinski definition) is 2. The van der Waals surface area contributed by atoms with Gasteiger partial charge in [0, 0.05) is 12.2 Å². The van der Waals surface area contributed by atoms with E-state index in [4.69, 9.17) is 4.74 Å². The fourth-order valence-electron chi connectivity index (χ4n) is 1.52. The van der Waals surface area contributed by atoms with Crippen molar-refractivity contribution in [2.24, 2.45) is 0 Å². The van der Waals surface area contributed by atoms with Crippen LogP contribution in [-0.4, -0.2) is 17.7 Å². The van der Waals surface area contributed by atoms with Crippen molar-refractivity contribution >= 4 is 5.97 Å². The summed E-state index contributed by atoms with van der Waals surface area (Å²) in [5, 5.41) is 9.22. The molecule has 0 aliphatic carbocycles. The molecule has 1 rings (SSSR count). The first-order valence-corrected chi connectivity index (χ1v) is 5.64. The number of carboxylic acids is 1. The number of aliphatic carboxylic acids is 1.